The van der Waals surface area contributed by atoms with E-state index in [1.165, 1.54) is 6.92 Å². The van der Waals surface area contributed by atoms with E-state index in [0.29, 0.717) is 6.42 Å². The zero-order valence-electron chi connectivity index (χ0n) is 25.9. The molecule has 12 N–H and O–H groups in total. The summed E-state index contributed by atoms with van der Waals surface area (Å²) in [6.45, 7) is 4.65. The second-order valence-electron chi connectivity index (χ2n) is 11.1. The monoisotopic (exact) mass is 656 g/mol. The predicted molar refractivity (Wildman–Crippen MR) is 158 cm³/mol. The van der Waals surface area contributed by atoms with Crippen LogP contribution in [0, 0.1) is 5.92 Å². The van der Waals surface area contributed by atoms with Gasteiger partial charge in [-0.3, -0.25) is 38.4 Å². The Kier molecular flexibility index (Phi) is 15.5. The number of carbonyl (C=O) groups excluding carboxylic acids is 7. The molecule has 0 aliphatic carbocycles. The molecule has 7 amide bonds. The molecule has 19 nitrogen and oxygen atoms in total. The van der Waals surface area contributed by atoms with Gasteiger partial charge >= 0.3 is 11.9 Å². The molecule has 0 aromatic heterocycles. The lowest BCUT2D eigenvalue weighted by Crippen LogP contribution is -2.60. The normalized spacial score (nSPS) is 18.1. The number of carboxylic acid groups (broad SMARTS) is 2. The summed E-state index contributed by atoms with van der Waals surface area (Å²) in [6.07, 6.45) is -1.40. The molecule has 7 atom stereocenters. The highest BCUT2D eigenvalue weighted by Crippen LogP contribution is 2.20. The van der Waals surface area contributed by atoms with Crippen LogP contribution in [0.3, 0.4) is 0 Å². The van der Waals surface area contributed by atoms with Gasteiger partial charge in [0.1, 0.15) is 30.2 Å². The average Bonchev–Trinajstić information content (AvgIpc) is 3.45. The second-order valence-corrected chi connectivity index (χ2v) is 11.1. The van der Waals surface area contributed by atoms with Crippen LogP contribution in [0.5, 0.6) is 0 Å². The predicted octanol–water partition coefficient (Wildman–Crippen LogP) is -3.99. The molecule has 19 heteroatoms. The van der Waals surface area contributed by atoms with Gasteiger partial charge < -0.3 is 53.6 Å². The Morgan fingerprint density at radius 2 is 1.41 bits per heavy atom. The van der Waals surface area contributed by atoms with Gasteiger partial charge in [-0.25, -0.2) is 4.79 Å². The van der Waals surface area contributed by atoms with Crippen molar-refractivity contribution in [2.45, 2.75) is 102 Å². The minimum atomic E-state index is -1.70. The smallest absolute Gasteiger partial charge is 0.326 e. The topological polar surface area (TPSA) is 324 Å². The zero-order chi connectivity index (χ0) is 35.3. The summed E-state index contributed by atoms with van der Waals surface area (Å²) in [7, 11) is 0. The number of primary amides is 2. The molecule has 1 rings (SSSR count). The highest BCUT2D eigenvalue weighted by atomic mass is 16.4. The molecule has 46 heavy (non-hydrogen) atoms. The van der Waals surface area contributed by atoms with Crippen molar-refractivity contribution in [2.24, 2.45) is 23.1 Å². The molecule has 1 aliphatic rings. The van der Waals surface area contributed by atoms with Gasteiger partial charge in [-0.15, -0.1) is 0 Å². The lowest BCUT2D eigenvalue weighted by molar-refractivity contribution is -0.147. The number of hydrogen-bond donors (Lipinski definition) is 9. The van der Waals surface area contributed by atoms with Gasteiger partial charge in [0.15, 0.2) is 0 Å². The summed E-state index contributed by atoms with van der Waals surface area (Å²) >= 11 is 0. The lowest BCUT2D eigenvalue weighted by atomic mass is 9.96. The first kappa shape index (κ1) is 39.2. The second kappa shape index (κ2) is 18.2. The standard InChI is InChI=1S/C27H44N8O11/c1-4-12(2)21(34-23(41)14(7-8-18(29)36)31-22(40)13(3)28)25(43)32-15(11-20(38)39)26(44)35-9-5-6-17(35)24(42)33-16(27(45)46)10-19(30)37/h12-17,21H,4-11,28H2,1-3H3,(H2,29,36)(H2,30,37)(H,31,40)(H,32,43)(H,33,42)(H,34,41)(H,38,39)(H,45,46)/t12-,13-,14-,15-,16-,17-,21-/m0/s1. The fourth-order valence-corrected chi connectivity index (χ4v) is 4.62. The van der Waals surface area contributed by atoms with Crippen molar-refractivity contribution in [3.8, 4) is 0 Å². The van der Waals surface area contributed by atoms with Gasteiger partial charge in [-0.2, -0.15) is 0 Å². The third-order valence-corrected chi connectivity index (χ3v) is 7.37. The van der Waals surface area contributed by atoms with E-state index in [9.17, 15) is 53.4 Å². The third kappa shape index (κ3) is 12.3. The first-order valence-corrected chi connectivity index (χ1v) is 14.7. The van der Waals surface area contributed by atoms with Crippen LogP contribution in [-0.2, 0) is 43.2 Å². The highest BCUT2D eigenvalue weighted by molar-refractivity contribution is 5.98. The van der Waals surface area contributed by atoms with Crippen LogP contribution in [0.4, 0.5) is 0 Å². The van der Waals surface area contributed by atoms with E-state index in [0.717, 1.165) is 4.90 Å². The van der Waals surface area contributed by atoms with E-state index in [4.69, 9.17) is 17.2 Å². The van der Waals surface area contributed by atoms with Gasteiger partial charge in [0.25, 0.3) is 0 Å². The van der Waals surface area contributed by atoms with Crippen molar-refractivity contribution >= 4 is 53.3 Å². The van der Waals surface area contributed by atoms with Crippen molar-refractivity contribution in [1.82, 2.24) is 26.2 Å². The van der Waals surface area contributed by atoms with Crippen LogP contribution < -0.4 is 38.5 Å². The lowest BCUT2D eigenvalue weighted by Gasteiger charge is -2.31. The molecule has 1 fully saturated rings. The number of carboxylic acids is 2. The van der Waals surface area contributed by atoms with Crippen LogP contribution in [0.25, 0.3) is 0 Å². The maximum atomic E-state index is 13.5. The maximum Gasteiger partial charge on any atom is 0.326 e. The first-order chi connectivity index (χ1) is 21.4. The quantitative estimate of drug-likeness (QED) is 0.0642. The third-order valence-electron chi connectivity index (χ3n) is 7.37. The number of nitrogens with two attached hydrogens (primary N) is 3. The Balaban J connectivity index is 3.23. The number of carbonyl (C=O) groups is 9. The van der Waals surface area contributed by atoms with Crippen molar-refractivity contribution in [2.75, 3.05) is 6.54 Å². The summed E-state index contributed by atoms with van der Waals surface area (Å²) in [4.78, 5) is 112. The maximum absolute atomic E-state index is 13.5. The molecule has 0 aromatic carbocycles. The summed E-state index contributed by atoms with van der Waals surface area (Å²) in [5, 5.41) is 28.2. The fourth-order valence-electron chi connectivity index (χ4n) is 4.62. The minimum Gasteiger partial charge on any atom is -0.481 e. The molecule has 1 saturated heterocycles. The Morgan fingerprint density at radius 1 is 0.804 bits per heavy atom. The van der Waals surface area contributed by atoms with E-state index in [2.05, 4.69) is 21.3 Å². The molecular weight excluding hydrogens is 612 g/mol. The average molecular weight is 657 g/mol. The van der Waals surface area contributed by atoms with Crippen molar-refractivity contribution < 1.29 is 53.4 Å². The molecular formula is C27H44N8O11. The molecule has 0 spiro atoms. The van der Waals surface area contributed by atoms with Crippen molar-refractivity contribution in [1.29, 1.82) is 0 Å². The highest BCUT2D eigenvalue weighted by Gasteiger charge is 2.41. The number of hydrogen-bond acceptors (Lipinski definition) is 10. The summed E-state index contributed by atoms with van der Waals surface area (Å²) in [6, 6.07) is -8.26. The Morgan fingerprint density at radius 3 is 1.91 bits per heavy atom. The number of nitrogens with one attached hydrogen (secondary N) is 4. The van der Waals surface area contributed by atoms with Crippen LogP contribution in [0.2, 0.25) is 0 Å². The van der Waals surface area contributed by atoms with E-state index in [-0.39, 0.29) is 32.2 Å². The van der Waals surface area contributed by atoms with Gasteiger partial charge in [0.2, 0.25) is 41.4 Å². The van der Waals surface area contributed by atoms with Crippen LogP contribution in [0.15, 0.2) is 0 Å². The minimum absolute atomic E-state index is 0.0250. The number of likely N-dealkylation sites (tertiary alicyclic amines) is 1. The largest absolute Gasteiger partial charge is 0.481 e. The molecule has 0 unspecified atom stereocenters. The molecule has 0 saturated carbocycles. The van der Waals surface area contributed by atoms with Gasteiger partial charge in [-0.05, 0) is 32.1 Å². The molecule has 0 aromatic rings. The Bertz CT molecular complexity index is 1190. The molecule has 258 valence electrons. The molecule has 1 aliphatic heterocycles. The van der Waals surface area contributed by atoms with Crippen LogP contribution in [-0.4, -0.2) is 111 Å². The summed E-state index contributed by atoms with van der Waals surface area (Å²) in [5.41, 5.74) is 15.8. The SMILES string of the molecule is CC[C@H](C)[C@H](NC(=O)[C@H](CCC(N)=O)NC(=O)[C@H](C)N)C(=O)N[C@@H](CC(=O)O)C(=O)N1CCC[C@H]1C(=O)N[C@@H](CC(N)=O)C(=O)O. The molecule has 1 heterocycles. The summed E-state index contributed by atoms with van der Waals surface area (Å²) < 4.78 is 0. The van der Waals surface area contributed by atoms with Crippen molar-refractivity contribution in [3.63, 3.8) is 0 Å². The molecule has 0 radical (unpaired) electrons. The molecule has 0 bridgehead atoms. The van der Waals surface area contributed by atoms with E-state index >= 15 is 0 Å². The van der Waals surface area contributed by atoms with Crippen LogP contribution >= 0.6 is 0 Å². The van der Waals surface area contributed by atoms with E-state index < -0.39 is 108 Å². The van der Waals surface area contributed by atoms with Gasteiger partial charge in [-0.1, -0.05) is 20.3 Å². The number of aliphatic carboxylic acids is 2. The number of amides is 7. The van der Waals surface area contributed by atoms with Gasteiger partial charge in [0.05, 0.1) is 18.9 Å². The summed E-state index contributed by atoms with van der Waals surface area (Å²) in [5.74, 6) is -9.71. The van der Waals surface area contributed by atoms with E-state index in [1.807, 2.05) is 0 Å². The van der Waals surface area contributed by atoms with Crippen molar-refractivity contribution in [3.05, 3.63) is 0 Å². The Hall–Kier alpha value is -4.81. The number of rotatable bonds is 19. The van der Waals surface area contributed by atoms with Gasteiger partial charge in [0, 0.05) is 13.0 Å². The van der Waals surface area contributed by atoms with Crippen LogP contribution in [0.1, 0.15) is 65.7 Å². The Labute approximate surface area is 264 Å². The zero-order valence-corrected chi connectivity index (χ0v) is 25.9. The fraction of sp³-hybridized carbons (Fsp3) is 0.667. The van der Waals surface area contributed by atoms with E-state index in [1.54, 1.807) is 13.8 Å². The first-order valence-electron chi connectivity index (χ1n) is 14.7. The number of nitrogens with zero attached hydrogens (tertiary/aromatic N) is 1.